The second kappa shape index (κ2) is 3.19. The first-order valence-corrected chi connectivity index (χ1v) is 4.69. The maximum Gasteiger partial charge on any atom is 0.153 e. The molecule has 1 aliphatic heterocycles. The van der Waals surface area contributed by atoms with E-state index < -0.39 is 11.4 Å². The topological polar surface area (TPSA) is 26.3 Å². The summed E-state index contributed by atoms with van der Waals surface area (Å²) in [6.45, 7) is 3.77. The molecule has 2 rings (SSSR count). The molecule has 1 heterocycles. The third-order valence-electron chi connectivity index (χ3n) is 2.29. The van der Waals surface area contributed by atoms with E-state index in [0.717, 1.165) is 5.56 Å². The summed E-state index contributed by atoms with van der Waals surface area (Å²) in [6.07, 6.45) is 4.22. The average Bonchev–Trinajstić information content (AvgIpc) is 2.15. The lowest BCUT2D eigenvalue weighted by atomic mass is 10.0. The van der Waals surface area contributed by atoms with Crippen LogP contribution in [-0.4, -0.2) is 11.9 Å². The third kappa shape index (κ3) is 1.77. The summed E-state index contributed by atoms with van der Waals surface area (Å²) in [5.41, 5.74) is 0.363. The third-order valence-corrected chi connectivity index (χ3v) is 2.29. The molecule has 0 unspecified atom stereocenters. The van der Waals surface area contributed by atoms with Gasteiger partial charge < -0.3 is 4.74 Å². The highest BCUT2D eigenvalue weighted by molar-refractivity contribution is 5.78. The Morgan fingerprint density at radius 1 is 1.40 bits per heavy atom. The van der Waals surface area contributed by atoms with E-state index in [1.54, 1.807) is 0 Å². The monoisotopic (exact) mass is 206 g/mol. The van der Waals surface area contributed by atoms with Crippen LogP contribution < -0.4 is 4.74 Å². The molecule has 0 bridgehead atoms. The van der Waals surface area contributed by atoms with E-state index >= 15 is 0 Å². The summed E-state index contributed by atoms with van der Waals surface area (Å²) in [5, 5.41) is 0. The molecule has 3 heteroatoms. The van der Waals surface area contributed by atoms with E-state index in [4.69, 9.17) is 4.74 Å². The second-order valence-corrected chi connectivity index (χ2v) is 4.07. The Labute approximate surface area is 87.4 Å². The van der Waals surface area contributed by atoms with Crippen molar-refractivity contribution < 1.29 is 13.9 Å². The lowest BCUT2D eigenvalue weighted by molar-refractivity contribution is 0.111. The zero-order valence-electron chi connectivity index (χ0n) is 8.58. The molecule has 0 fully saturated rings. The van der Waals surface area contributed by atoms with Gasteiger partial charge in [-0.05, 0) is 26.0 Å². The quantitative estimate of drug-likeness (QED) is 0.660. The summed E-state index contributed by atoms with van der Waals surface area (Å²) >= 11 is 0. The van der Waals surface area contributed by atoms with Crippen LogP contribution in [0.15, 0.2) is 18.2 Å². The Morgan fingerprint density at radius 2 is 2.13 bits per heavy atom. The first kappa shape index (κ1) is 9.90. The van der Waals surface area contributed by atoms with Gasteiger partial charge in [0.2, 0.25) is 0 Å². The maximum atomic E-state index is 13.3. The number of hydrogen-bond acceptors (Lipinski definition) is 2. The van der Waals surface area contributed by atoms with Crippen molar-refractivity contribution in [2.75, 3.05) is 0 Å². The van der Waals surface area contributed by atoms with E-state index in [1.165, 1.54) is 12.1 Å². The minimum atomic E-state index is -0.546. The Hall–Kier alpha value is -1.64. The van der Waals surface area contributed by atoms with Crippen LogP contribution in [0.3, 0.4) is 0 Å². The Bertz CT molecular complexity index is 447. The molecule has 0 amide bonds. The van der Waals surface area contributed by atoms with Crippen molar-refractivity contribution in [1.29, 1.82) is 0 Å². The number of halogens is 1. The van der Waals surface area contributed by atoms with Gasteiger partial charge in [-0.3, -0.25) is 4.79 Å². The molecule has 0 atom stereocenters. The van der Waals surface area contributed by atoms with Crippen LogP contribution in [0.1, 0.15) is 29.8 Å². The van der Waals surface area contributed by atoms with E-state index in [1.807, 2.05) is 26.0 Å². The summed E-state index contributed by atoms with van der Waals surface area (Å²) < 4.78 is 18.9. The zero-order valence-corrected chi connectivity index (χ0v) is 8.58. The number of rotatable bonds is 1. The van der Waals surface area contributed by atoms with Gasteiger partial charge in [0, 0.05) is 11.6 Å². The van der Waals surface area contributed by atoms with Crippen LogP contribution in [0.5, 0.6) is 5.75 Å². The van der Waals surface area contributed by atoms with Crippen LogP contribution in [0, 0.1) is 5.82 Å². The van der Waals surface area contributed by atoms with Crippen molar-refractivity contribution in [2.24, 2.45) is 0 Å². The van der Waals surface area contributed by atoms with Gasteiger partial charge in [0.25, 0.3) is 0 Å². The van der Waals surface area contributed by atoms with Crippen LogP contribution in [-0.2, 0) is 0 Å². The van der Waals surface area contributed by atoms with Crippen LogP contribution in [0.4, 0.5) is 4.39 Å². The molecule has 78 valence electrons. The fraction of sp³-hybridized carbons (Fsp3) is 0.250. The van der Waals surface area contributed by atoms with Gasteiger partial charge in [0.15, 0.2) is 6.29 Å². The van der Waals surface area contributed by atoms with Crippen molar-refractivity contribution >= 4 is 12.4 Å². The van der Waals surface area contributed by atoms with E-state index in [2.05, 4.69) is 0 Å². The SMILES string of the molecule is CC1(C)C=Cc2cc(C=O)c(F)cc2O1. The molecule has 2 nitrogen and oxygen atoms in total. The van der Waals surface area contributed by atoms with Gasteiger partial charge in [-0.15, -0.1) is 0 Å². The molecule has 0 N–H and O–H groups in total. The van der Waals surface area contributed by atoms with Gasteiger partial charge in [-0.25, -0.2) is 4.39 Å². The molecule has 15 heavy (non-hydrogen) atoms. The molecule has 0 aliphatic carbocycles. The molecule has 0 radical (unpaired) electrons. The summed E-state index contributed by atoms with van der Waals surface area (Å²) in [6, 6.07) is 2.74. The van der Waals surface area contributed by atoms with E-state index in [-0.39, 0.29) is 5.56 Å². The summed E-state index contributed by atoms with van der Waals surface area (Å²) in [4.78, 5) is 10.5. The molecule has 1 aromatic carbocycles. The van der Waals surface area contributed by atoms with E-state index in [9.17, 15) is 9.18 Å². The highest BCUT2D eigenvalue weighted by atomic mass is 19.1. The number of fused-ring (bicyclic) bond motifs is 1. The van der Waals surface area contributed by atoms with Gasteiger partial charge >= 0.3 is 0 Å². The predicted molar refractivity (Wildman–Crippen MR) is 55.5 cm³/mol. The van der Waals surface area contributed by atoms with Crippen molar-refractivity contribution in [3.63, 3.8) is 0 Å². The minimum absolute atomic E-state index is 0.0571. The largest absolute Gasteiger partial charge is 0.483 e. The number of hydrogen-bond donors (Lipinski definition) is 0. The molecule has 0 aromatic heterocycles. The number of aldehydes is 1. The molecular weight excluding hydrogens is 195 g/mol. The van der Waals surface area contributed by atoms with Crippen LogP contribution >= 0.6 is 0 Å². The lowest BCUT2D eigenvalue weighted by Crippen LogP contribution is -2.27. The number of benzene rings is 1. The summed E-state index contributed by atoms with van der Waals surface area (Å²) in [5.74, 6) is -0.0690. The van der Waals surface area contributed by atoms with Crippen molar-refractivity contribution in [1.82, 2.24) is 0 Å². The van der Waals surface area contributed by atoms with Gasteiger partial charge in [-0.2, -0.15) is 0 Å². The van der Waals surface area contributed by atoms with Crippen molar-refractivity contribution in [3.05, 3.63) is 35.2 Å². The Balaban J connectivity index is 2.53. The minimum Gasteiger partial charge on any atom is -0.483 e. The molecule has 1 aliphatic rings. The number of carbonyl (C=O) groups excluding carboxylic acids is 1. The second-order valence-electron chi connectivity index (χ2n) is 4.07. The first-order chi connectivity index (χ1) is 7.02. The lowest BCUT2D eigenvalue weighted by Gasteiger charge is -2.27. The molecule has 1 aromatic rings. The predicted octanol–water partition coefficient (Wildman–Crippen LogP) is 2.82. The van der Waals surface area contributed by atoms with Crippen molar-refractivity contribution in [3.8, 4) is 5.75 Å². The highest BCUT2D eigenvalue weighted by Gasteiger charge is 2.22. The fourth-order valence-corrected chi connectivity index (χ4v) is 1.51. The number of ether oxygens (including phenoxy) is 1. The molecular formula is C12H11FO2. The Kier molecular flexibility index (Phi) is 2.11. The van der Waals surface area contributed by atoms with Crippen LogP contribution in [0.25, 0.3) is 6.08 Å². The molecule has 0 spiro atoms. The van der Waals surface area contributed by atoms with Crippen LogP contribution in [0.2, 0.25) is 0 Å². The van der Waals surface area contributed by atoms with Crippen molar-refractivity contribution in [2.45, 2.75) is 19.4 Å². The molecule has 0 saturated carbocycles. The number of carbonyl (C=O) groups is 1. The van der Waals surface area contributed by atoms with Gasteiger partial charge in [0.05, 0.1) is 5.56 Å². The normalized spacial score (nSPS) is 16.7. The van der Waals surface area contributed by atoms with Gasteiger partial charge in [-0.1, -0.05) is 6.08 Å². The molecule has 0 saturated heterocycles. The highest BCUT2D eigenvalue weighted by Crippen LogP contribution is 2.32. The van der Waals surface area contributed by atoms with E-state index in [0.29, 0.717) is 12.0 Å². The standard InChI is InChI=1S/C12H11FO2/c1-12(2)4-3-8-5-9(7-14)10(13)6-11(8)15-12/h3-7H,1-2H3. The summed E-state index contributed by atoms with van der Waals surface area (Å²) in [7, 11) is 0. The smallest absolute Gasteiger partial charge is 0.153 e. The van der Waals surface area contributed by atoms with Gasteiger partial charge in [0.1, 0.15) is 17.2 Å². The fourth-order valence-electron chi connectivity index (χ4n) is 1.51. The Morgan fingerprint density at radius 3 is 2.80 bits per heavy atom. The zero-order chi connectivity index (χ0) is 11.1. The first-order valence-electron chi connectivity index (χ1n) is 4.69. The maximum absolute atomic E-state index is 13.3. The average molecular weight is 206 g/mol.